The maximum absolute atomic E-state index is 10.6. The Morgan fingerprint density at radius 2 is 1.89 bits per heavy atom. The van der Waals surface area contributed by atoms with Crippen molar-refractivity contribution in [1.29, 1.82) is 0 Å². The fourth-order valence-corrected chi connectivity index (χ4v) is 1.39. The SMILES string of the molecule is CCCS(=O)(=O)N(Cl)Cl. The van der Waals surface area contributed by atoms with Crippen LogP contribution in [-0.4, -0.2) is 17.5 Å². The van der Waals surface area contributed by atoms with E-state index < -0.39 is 10.0 Å². The average Bonchev–Trinajstić information content (AvgIpc) is 1.65. The lowest BCUT2D eigenvalue weighted by Gasteiger charge is -2.02. The highest BCUT2D eigenvalue weighted by Crippen LogP contribution is 2.09. The molecule has 0 bridgehead atoms. The number of nitrogens with zero attached hydrogens (tertiary/aromatic N) is 1. The van der Waals surface area contributed by atoms with Crippen molar-refractivity contribution in [3.05, 3.63) is 0 Å². The van der Waals surface area contributed by atoms with Crippen LogP contribution < -0.4 is 0 Å². The number of rotatable bonds is 3. The molecular formula is C3H7Cl2NO2S. The molecule has 9 heavy (non-hydrogen) atoms. The smallest absolute Gasteiger partial charge is 0.210 e. The van der Waals surface area contributed by atoms with E-state index >= 15 is 0 Å². The highest BCUT2D eigenvalue weighted by Gasteiger charge is 2.15. The molecule has 0 heterocycles. The molecule has 0 aliphatic rings. The van der Waals surface area contributed by atoms with Crippen LogP contribution in [0.5, 0.6) is 0 Å². The Labute approximate surface area is 64.8 Å². The highest BCUT2D eigenvalue weighted by atomic mass is 35.5. The Kier molecular flexibility index (Phi) is 3.80. The maximum Gasteiger partial charge on any atom is 0.241 e. The number of hydrogen-bond acceptors (Lipinski definition) is 2. The predicted octanol–water partition coefficient (Wildman–Crippen LogP) is 1.34. The molecule has 3 nitrogen and oxygen atoms in total. The van der Waals surface area contributed by atoms with Gasteiger partial charge in [0.05, 0.1) is 5.75 Å². The van der Waals surface area contributed by atoms with Crippen LogP contribution in [0.3, 0.4) is 0 Å². The van der Waals surface area contributed by atoms with Crippen molar-refractivity contribution in [3.63, 3.8) is 0 Å². The van der Waals surface area contributed by atoms with Crippen LogP contribution in [0.2, 0.25) is 0 Å². The summed E-state index contributed by atoms with van der Waals surface area (Å²) in [6, 6.07) is 0. The van der Waals surface area contributed by atoms with Gasteiger partial charge in [0.15, 0.2) is 0 Å². The molecule has 0 N–H and O–H groups in total. The molecule has 0 saturated carbocycles. The summed E-state index contributed by atoms with van der Waals surface area (Å²) in [5, 5.41) is 0. The van der Waals surface area contributed by atoms with Crippen molar-refractivity contribution in [2.24, 2.45) is 0 Å². The molecule has 0 aliphatic carbocycles. The third kappa shape index (κ3) is 3.25. The van der Waals surface area contributed by atoms with Gasteiger partial charge in [-0.2, -0.15) is 0 Å². The molecule has 0 radical (unpaired) electrons. The summed E-state index contributed by atoms with van der Waals surface area (Å²) in [5.74, 6) is -0.0139. The van der Waals surface area contributed by atoms with E-state index in [0.29, 0.717) is 6.42 Å². The van der Waals surface area contributed by atoms with Crippen molar-refractivity contribution in [3.8, 4) is 0 Å². The zero-order chi connectivity index (χ0) is 7.49. The minimum Gasteiger partial charge on any atom is -0.210 e. The third-order valence-corrected chi connectivity index (χ3v) is 3.28. The quantitative estimate of drug-likeness (QED) is 0.632. The molecule has 0 amide bonds. The molecule has 0 unspecified atom stereocenters. The lowest BCUT2D eigenvalue weighted by molar-refractivity contribution is 0.578. The van der Waals surface area contributed by atoms with Crippen LogP contribution in [0.4, 0.5) is 0 Å². The first-order valence-electron chi connectivity index (χ1n) is 2.35. The van der Waals surface area contributed by atoms with Crippen LogP contribution in [0, 0.1) is 0 Å². The predicted molar refractivity (Wildman–Crippen MR) is 37.6 cm³/mol. The summed E-state index contributed by atoms with van der Waals surface area (Å²) in [5.41, 5.74) is 0. The van der Waals surface area contributed by atoms with Crippen molar-refractivity contribution >= 4 is 33.6 Å². The molecular weight excluding hydrogens is 185 g/mol. The summed E-state index contributed by atoms with van der Waals surface area (Å²) in [6.07, 6.45) is 0.512. The van der Waals surface area contributed by atoms with Crippen LogP contribution >= 0.6 is 23.6 Å². The van der Waals surface area contributed by atoms with Gasteiger partial charge in [-0.15, -0.1) is 0 Å². The van der Waals surface area contributed by atoms with Gasteiger partial charge in [0, 0.05) is 23.6 Å². The molecule has 0 rings (SSSR count). The Balaban J connectivity index is 4.05. The monoisotopic (exact) mass is 191 g/mol. The van der Waals surface area contributed by atoms with E-state index in [1.165, 1.54) is 0 Å². The standard InChI is InChI=1S/C3H7Cl2NO2S/c1-2-3-9(7,8)6(4)5/h2-3H2,1H3. The summed E-state index contributed by atoms with van der Waals surface area (Å²) < 4.78 is 21.4. The van der Waals surface area contributed by atoms with Gasteiger partial charge in [-0.25, -0.2) is 8.42 Å². The summed E-state index contributed by atoms with van der Waals surface area (Å²) >= 11 is 9.92. The van der Waals surface area contributed by atoms with Gasteiger partial charge in [0.25, 0.3) is 0 Å². The molecule has 6 heteroatoms. The number of sulfonamides is 1. The minimum absolute atomic E-state index is 0.0139. The van der Waals surface area contributed by atoms with Gasteiger partial charge < -0.3 is 0 Å². The molecule has 0 aromatic heterocycles. The van der Waals surface area contributed by atoms with Crippen LogP contribution in [0.25, 0.3) is 0 Å². The van der Waals surface area contributed by atoms with E-state index in [1.807, 2.05) is 0 Å². The van der Waals surface area contributed by atoms with Crippen LogP contribution in [-0.2, 0) is 10.0 Å². The van der Waals surface area contributed by atoms with Gasteiger partial charge in [-0.1, -0.05) is 6.92 Å². The molecule has 0 spiro atoms. The van der Waals surface area contributed by atoms with Crippen LogP contribution in [0.1, 0.15) is 13.3 Å². The summed E-state index contributed by atoms with van der Waals surface area (Å²) in [6.45, 7) is 1.73. The lowest BCUT2D eigenvalue weighted by Crippen LogP contribution is -2.15. The molecule has 0 saturated heterocycles. The first-order valence-corrected chi connectivity index (χ1v) is 4.64. The van der Waals surface area contributed by atoms with Gasteiger partial charge >= 0.3 is 0 Å². The Bertz CT molecular complexity index is 165. The summed E-state index contributed by atoms with van der Waals surface area (Å²) in [7, 11) is -3.38. The van der Waals surface area contributed by atoms with E-state index in [0.717, 1.165) is 0 Å². The first kappa shape index (κ1) is 9.49. The fourth-order valence-electron chi connectivity index (χ4n) is 0.327. The topological polar surface area (TPSA) is 37.4 Å². The second-order valence-electron chi connectivity index (χ2n) is 1.49. The van der Waals surface area contributed by atoms with E-state index in [-0.39, 0.29) is 9.10 Å². The Hall–Kier alpha value is 0.490. The average molecular weight is 192 g/mol. The van der Waals surface area contributed by atoms with E-state index in [4.69, 9.17) is 23.6 Å². The molecule has 0 aliphatic heterocycles. The molecule has 0 aromatic rings. The molecule has 0 fully saturated rings. The fraction of sp³-hybridized carbons (Fsp3) is 1.00. The largest absolute Gasteiger partial charge is 0.241 e. The molecule has 0 aromatic carbocycles. The zero-order valence-corrected chi connectivity index (χ0v) is 7.17. The van der Waals surface area contributed by atoms with Gasteiger partial charge in [-0.05, 0) is 9.76 Å². The van der Waals surface area contributed by atoms with Gasteiger partial charge in [0.1, 0.15) is 0 Å². The van der Waals surface area contributed by atoms with E-state index in [9.17, 15) is 8.42 Å². The second-order valence-corrected chi connectivity index (χ2v) is 4.68. The third-order valence-electron chi connectivity index (χ3n) is 0.672. The lowest BCUT2D eigenvalue weighted by atomic mass is 10.6. The van der Waals surface area contributed by atoms with Crippen LogP contribution in [0.15, 0.2) is 0 Å². The van der Waals surface area contributed by atoms with Gasteiger partial charge in [0.2, 0.25) is 10.0 Å². The normalized spacial score (nSPS) is 12.4. The van der Waals surface area contributed by atoms with Crippen molar-refractivity contribution in [2.75, 3.05) is 5.75 Å². The Morgan fingerprint density at radius 1 is 1.44 bits per heavy atom. The molecule has 0 atom stereocenters. The molecule has 56 valence electrons. The number of hydrogen-bond donors (Lipinski definition) is 0. The van der Waals surface area contributed by atoms with Gasteiger partial charge in [-0.3, -0.25) is 0 Å². The maximum atomic E-state index is 10.6. The second kappa shape index (κ2) is 3.61. The minimum atomic E-state index is -3.38. The zero-order valence-electron chi connectivity index (χ0n) is 4.84. The van der Waals surface area contributed by atoms with E-state index in [1.54, 1.807) is 6.92 Å². The summed E-state index contributed by atoms with van der Waals surface area (Å²) in [4.78, 5) is 0. The Morgan fingerprint density at radius 3 is 2.00 bits per heavy atom. The number of halogens is 2. The van der Waals surface area contributed by atoms with Crippen molar-refractivity contribution in [1.82, 2.24) is 3.34 Å². The highest BCUT2D eigenvalue weighted by molar-refractivity contribution is 7.90. The van der Waals surface area contributed by atoms with E-state index in [2.05, 4.69) is 0 Å². The first-order chi connectivity index (χ1) is 4.00. The van der Waals surface area contributed by atoms with Crippen molar-refractivity contribution < 1.29 is 8.42 Å². The van der Waals surface area contributed by atoms with Crippen molar-refractivity contribution in [2.45, 2.75) is 13.3 Å².